The smallest absolute Gasteiger partial charge is 0.00131 e. The summed E-state index contributed by atoms with van der Waals surface area (Å²) in [7, 11) is 0. The van der Waals surface area contributed by atoms with Gasteiger partial charge in [-0.2, -0.15) is 0 Å². The number of allylic oxidation sites excluding steroid dienone is 8. The van der Waals surface area contributed by atoms with E-state index in [1.54, 1.807) is 0 Å². The van der Waals surface area contributed by atoms with Crippen molar-refractivity contribution in [1.29, 1.82) is 0 Å². The molecule has 0 bridgehead atoms. The quantitative estimate of drug-likeness (QED) is 0.124. The summed E-state index contributed by atoms with van der Waals surface area (Å²) in [6.45, 7) is 73.2. The molecular formula is C104H176. The first-order valence-electron chi connectivity index (χ1n) is 42.8. The van der Waals surface area contributed by atoms with Crippen LogP contribution in [-0.2, 0) is 0 Å². The van der Waals surface area contributed by atoms with Gasteiger partial charge in [-0.05, 0) is 117 Å². The molecule has 0 N–H and O–H groups in total. The molecule has 0 aliphatic heterocycles. The minimum absolute atomic E-state index is 0.473. The third-order valence-electron chi connectivity index (χ3n) is 20.2. The highest BCUT2D eigenvalue weighted by Gasteiger charge is 2.14. The molecule has 4 unspecified atom stereocenters. The first-order chi connectivity index (χ1) is 49.6. The molecule has 0 amide bonds. The average molecular weight is 1430 g/mol. The minimum Gasteiger partial charge on any atom is -0.103 e. The molecule has 592 valence electrons. The van der Waals surface area contributed by atoms with Crippen LogP contribution < -0.4 is 0 Å². The number of benzene rings is 4. The van der Waals surface area contributed by atoms with E-state index < -0.39 is 0 Å². The van der Waals surface area contributed by atoms with E-state index in [2.05, 4.69) is 288 Å². The summed E-state index contributed by atoms with van der Waals surface area (Å²) in [4.78, 5) is 0. The summed E-state index contributed by atoms with van der Waals surface area (Å²) < 4.78 is 0. The molecule has 4 atom stereocenters. The Kier molecular flexibility index (Phi) is 75.5. The van der Waals surface area contributed by atoms with Crippen LogP contribution in [0.15, 0.2) is 223 Å². The second-order valence-corrected chi connectivity index (χ2v) is 33.4. The lowest BCUT2D eigenvalue weighted by atomic mass is 9.88. The Labute approximate surface area is 653 Å². The Hall–Kier alpha value is -5.20. The van der Waals surface area contributed by atoms with Crippen LogP contribution in [0.4, 0.5) is 0 Å². The molecule has 0 nitrogen and oxygen atoms in total. The third kappa shape index (κ3) is 77.9. The maximum atomic E-state index is 3.74. The van der Waals surface area contributed by atoms with Crippen LogP contribution >= 0.6 is 0 Å². The van der Waals surface area contributed by atoms with Gasteiger partial charge in [0, 0.05) is 0 Å². The number of rotatable bonds is 12. The highest BCUT2D eigenvalue weighted by atomic mass is 14.2. The summed E-state index contributed by atoms with van der Waals surface area (Å²) in [5, 5.41) is 0. The Morgan fingerprint density at radius 2 is 0.317 bits per heavy atom. The Balaban J connectivity index is -0.000000517. The van der Waals surface area contributed by atoms with E-state index in [1.165, 1.54) is 202 Å². The molecule has 8 aliphatic carbocycles. The molecule has 8 fully saturated rings. The van der Waals surface area contributed by atoms with Crippen LogP contribution in [0.3, 0.4) is 0 Å². The second kappa shape index (κ2) is 74.6. The van der Waals surface area contributed by atoms with E-state index in [4.69, 9.17) is 0 Å². The molecule has 0 saturated heterocycles. The predicted octanol–water partition coefficient (Wildman–Crippen LogP) is 35.2. The lowest BCUT2D eigenvalue weighted by Gasteiger charge is -2.18. The van der Waals surface area contributed by atoms with E-state index in [1.807, 2.05) is 72.9 Å². The Morgan fingerprint density at radius 1 is 0.192 bits per heavy atom. The minimum atomic E-state index is 0.473. The van der Waals surface area contributed by atoms with Gasteiger partial charge in [0.25, 0.3) is 0 Å². The predicted molar refractivity (Wildman–Crippen MR) is 483 cm³/mol. The molecule has 8 saturated carbocycles. The monoisotopic (exact) mass is 1430 g/mol. The number of hydrogen-bond donors (Lipinski definition) is 0. The summed E-state index contributed by atoms with van der Waals surface area (Å²) in [5.74, 6) is 12.9. The van der Waals surface area contributed by atoms with E-state index in [0.29, 0.717) is 47.3 Å². The molecule has 4 aromatic carbocycles. The van der Waals surface area contributed by atoms with E-state index in [9.17, 15) is 0 Å². The fraction of sp³-hybridized carbons (Fsp3) is 0.615. The summed E-state index contributed by atoms with van der Waals surface area (Å²) in [6.07, 6.45) is 57.1. The van der Waals surface area contributed by atoms with Crippen LogP contribution in [-0.4, -0.2) is 0 Å². The lowest BCUT2D eigenvalue weighted by molar-refractivity contribution is 0.346. The van der Waals surface area contributed by atoms with E-state index >= 15 is 0 Å². The van der Waals surface area contributed by atoms with Crippen molar-refractivity contribution in [2.45, 2.75) is 342 Å². The van der Waals surface area contributed by atoms with Crippen molar-refractivity contribution < 1.29 is 0 Å². The van der Waals surface area contributed by atoms with Crippen molar-refractivity contribution in [3.8, 4) is 0 Å². The van der Waals surface area contributed by atoms with Gasteiger partial charge in [-0.3, -0.25) is 0 Å². The van der Waals surface area contributed by atoms with E-state index in [-0.39, 0.29) is 0 Å². The summed E-state index contributed by atoms with van der Waals surface area (Å²) in [6, 6.07) is 41.5. The molecule has 8 aliphatic rings. The van der Waals surface area contributed by atoms with Crippen molar-refractivity contribution in [2.24, 2.45) is 71.0 Å². The zero-order valence-electron chi connectivity index (χ0n) is 72.9. The zero-order chi connectivity index (χ0) is 79.1. The zero-order valence-corrected chi connectivity index (χ0v) is 72.9. The van der Waals surface area contributed by atoms with Crippen LogP contribution in [0.25, 0.3) is 0 Å². The van der Waals surface area contributed by atoms with Gasteiger partial charge in [0.1, 0.15) is 0 Å². The fourth-order valence-corrected chi connectivity index (χ4v) is 10.0. The largest absolute Gasteiger partial charge is 0.103 e. The van der Waals surface area contributed by atoms with Crippen LogP contribution in [0.5, 0.6) is 0 Å². The van der Waals surface area contributed by atoms with Crippen molar-refractivity contribution in [3.05, 3.63) is 245 Å². The SMILES string of the molecule is C=CC(C)C.C=CC(C)C.C=CC(C)C.C=CC(C)C.C=CC(C)c1ccccc1.C=CC(C)c1ccccc1.C=CC(C)c1ccccc1.C=CC(C)c1ccccc1.CC1CC1.CC1CC1.CC1CCC1.CC1CCC1.CC1CCCC1.CC1CCCC1.CC1CCCCC1.CC1CCCCC1. The summed E-state index contributed by atoms with van der Waals surface area (Å²) >= 11 is 0. The highest BCUT2D eigenvalue weighted by molar-refractivity contribution is 5.24. The molecular weight excluding hydrogens is 1250 g/mol. The van der Waals surface area contributed by atoms with Gasteiger partial charge in [0.2, 0.25) is 0 Å². The highest BCUT2D eigenvalue weighted by Crippen LogP contribution is 2.29. The average Bonchev–Trinajstić information content (AvgIpc) is 1.05. The van der Waals surface area contributed by atoms with Gasteiger partial charge in [-0.15, -0.1) is 52.6 Å². The summed E-state index contributed by atoms with van der Waals surface area (Å²) in [5.41, 5.74) is 5.32. The maximum Gasteiger partial charge on any atom is -0.00131 e. The van der Waals surface area contributed by atoms with Crippen molar-refractivity contribution in [3.63, 3.8) is 0 Å². The van der Waals surface area contributed by atoms with Gasteiger partial charge in [-0.25, -0.2) is 0 Å². The molecule has 104 heavy (non-hydrogen) atoms. The van der Waals surface area contributed by atoms with Gasteiger partial charge >= 0.3 is 0 Å². The molecule has 0 heteroatoms. The topological polar surface area (TPSA) is 0 Å². The molecule has 0 aromatic heterocycles. The van der Waals surface area contributed by atoms with Crippen LogP contribution in [0.1, 0.15) is 364 Å². The molecule has 0 spiro atoms. The maximum absolute atomic E-state index is 3.74. The first-order valence-corrected chi connectivity index (χ1v) is 42.8. The Morgan fingerprint density at radius 3 is 0.385 bits per heavy atom. The molecule has 4 aromatic rings. The molecule has 0 heterocycles. The van der Waals surface area contributed by atoms with Crippen molar-refractivity contribution >= 4 is 0 Å². The van der Waals surface area contributed by atoms with Crippen LogP contribution in [0.2, 0.25) is 0 Å². The van der Waals surface area contributed by atoms with Gasteiger partial charge in [0.15, 0.2) is 0 Å². The first kappa shape index (κ1) is 105. The molecule has 12 rings (SSSR count). The standard InChI is InChI=1S/4C10H12.2C7H14.2C6H12.6C5H10.2C4H8/c4*1-3-9(2)10-7-5-4-6-8-10;2*1-7-5-3-2-4-6-7;2*1-6-4-2-3-5-6;2*1-5-3-2-4-5;4*1-4-5(2)3;2*1-4-2-3-4/h4*3-9H,1H2,2H3;2*7H,2-6H2,1H3;2*6H,2-5H2,1H3;2*5H,2-4H2,1H3;4*4-5H,1H2,2-3H3;2*4H,2-3H2,1H3. The van der Waals surface area contributed by atoms with Crippen molar-refractivity contribution in [2.75, 3.05) is 0 Å². The third-order valence-corrected chi connectivity index (χ3v) is 20.2. The molecule has 0 radical (unpaired) electrons. The van der Waals surface area contributed by atoms with Gasteiger partial charge < -0.3 is 0 Å². The fourth-order valence-electron chi connectivity index (χ4n) is 10.0. The lowest BCUT2D eigenvalue weighted by Crippen LogP contribution is -2.04. The van der Waals surface area contributed by atoms with Crippen LogP contribution in [0, 0.1) is 71.0 Å². The normalized spacial score (nSPS) is 17.3. The van der Waals surface area contributed by atoms with E-state index in [0.717, 1.165) is 47.3 Å². The second-order valence-electron chi connectivity index (χ2n) is 33.4. The van der Waals surface area contributed by atoms with Gasteiger partial charge in [-0.1, -0.05) is 488 Å². The Bertz CT molecular complexity index is 2130. The van der Waals surface area contributed by atoms with Gasteiger partial charge in [0.05, 0.1) is 0 Å². The number of hydrogen-bond acceptors (Lipinski definition) is 0. The van der Waals surface area contributed by atoms with Crippen molar-refractivity contribution in [1.82, 2.24) is 0 Å².